The third-order valence-corrected chi connectivity index (χ3v) is 4.49. The van der Waals surface area contributed by atoms with Gasteiger partial charge in [0.2, 0.25) is 0 Å². The van der Waals surface area contributed by atoms with Crippen molar-refractivity contribution in [2.75, 3.05) is 33.2 Å². The van der Waals surface area contributed by atoms with Gasteiger partial charge in [-0.05, 0) is 51.5 Å². The lowest BCUT2D eigenvalue weighted by Crippen LogP contribution is -2.47. The zero-order valence-electron chi connectivity index (χ0n) is 13.0. The van der Waals surface area contributed by atoms with Gasteiger partial charge < -0.3 is 15.5 Å². The molecule has 2 N–H and O–H groups in total. The van der Waals surface area contributed by atoms with Crippen molar-refractivity contribution >= 4 is 0 Å². The van der Waals surface area contributed by atoms with Crippen LogP contribution in [0.3, 0.4) is 0 Å². The highest BCUT2D eigenvalue weighted by molar-refractivity contribution is 5.15. The zero-order chi connectivity index (χ0) is 14.4. The van der Waals surface area contributed by atoms with Gasteiger partial charge in [0.25, 0.3) is 0 Å². The molecule has 1 saturated heterocycles. The predicted molar refractivity (Wildman–Crippen MR) is 85.9 cm³/mol. The van der Waals surface area contributed by atoms with Crippen LogP contribution < -0.4 is 5.73 Å². The maximum Gasteiger partial charge on any atom is 0.0208 e. The number of rotatable bonds is 6. The lowest BCUT2D eigenvalue weighted by molar-refractivity contribution is 0.127. The molecule has 1 aromatic rings. The van der Waals surface area contributed by atoms with Crippen LogP contribution in [-0.4, -0.2) is 55.1 Å². The molecule has 0 radical (unpaired) electrons. The van der Waals surface area contributed by atoms with E-state index in [-0.39, 0.29) is 6.04 Å². The minimum absolute atomic E-state index is 0.228. The van der Waals surface area contributed by atoms with E-state index in [1.54, 1.807) is 0 Å². The first-order chi connectivity index (χ1) is 9.69. The molecule has 1 unspecified atom stereocenters. The van der Waals surface area contributed by atoms with Crippen molar-refractivity contribution < 1.29 is 0 Å². The number of hydrogen-bond donors (Lipinski definition) is 1. The largest absolute Gasteiger partial charge is 0.326 e. The van der Waals surface area contributed by atoms with Crippen LogP contribution in [0, 0.1) is 0 Å². The highest BCUT2D eigenvalue weighted by atomic mass is 15.2. The van der Waals surface area contributed by atoms with Crippen LogP contribution in [0.25, 0.3) is 0 Å². The van der Waals surface area contributed by atoms with E-state index in [0.717, 1.165) is 13.0 Å². The summed E-state index contributed by atoms with van der Waals surface area (Å²) in [5.74, 6) is 0. The number of nitrogens with two attached hydrogens (primary N) is 1. The van der Waals surface area contributed by atoms with Gasteiger partial charge in [-0.25, -0.2) is 0 Å². The van der Waals surface area contributed by atoms with Crippen molar-refractivity contribution in [2.24, 2.45) is 5.73 Å². The number of benzene rings is 1. The van der Waals surface area contributed by atoms with Gasteiger partial charge in [-0.3, -0.25) is 0 Å². The van der Waals surface area contributed by atoms with E-state index in [0.29, 0.717) is 6.04 Å². The number of piperidine rings is 1. The summed E-state index contributed by atoms with van der Waals surface area (Å²) in [7, 11) is 2.23. The van der Waals surface area contributed by atoms with Crippen LogP contribution >= 0.6 is 0 Å². The molecule has 1 aliphatic heterocycles. The Labute approximate surface area is 123 Å². The number of nitrogens with zero attached hydrogens (tertiary/aromatic N) is 2. The average molecular weight is 275 g/mol. The van der Waals surface area contributed by atoms with Gasteiger partial charge in [0.05, 0.1) is 0 Å². The Morgan fingerprint density at radius 2 is 1.90 bits per heavy atom. The Hall–Kier alpha value is -0.900. The third kappa shape index (κ3) is 4.58. The molecule has 1 aromatic carbocycles. The minimum Gasteiger partial charge on any atom is -0.326 e. The van der Waals surface area contributed by atoms with Gasteiger partial charge in [0, 0.05) is 18.6 Å². The van der Waals surface area contributed by atoms with E-state index in [1.165, 1.54) is 38.0 Å². The second-order valence-corrected chi connectivity index (χ2v) is 6.05. The molecule has 0 aliphatic carbocycles. The predicted octanol–water partition coefficient (Wildman–Crippen LogP) is 1.97. The first-order valence-electron chi connectivity index (χ1n) is 7.91. The highest BCUT2D eigenvalue weighted by Crippen LogP contribution is 2.15. The normalized spacial score (nSPS) is 19.4. The van der Waals surface area contributed by atoms with Crippen molar-refractivity contribution in [1.29, 1.82) is 0 Å². The summed E-state index contributed by atoms with van der Waals surface area (Å²) >= 11 is 0. The summed E-state index contributed by atoms with van der Waals surface area (Å²) in [6.07, 6.45) is 3.53. The van der Waals surface area contributed by atoms with Crippen LogP contribution in [-0.2, 0) is 6.42 Å². The molecular weight excluding hydrogens is 246 g/mol. The first-order valence-corrected chi connectivity index (χ1v) is 7.91. The molecule has 3 heteroatoms. The standard InChI is InChI=1S/C17H29N3/c1-3-20-11-9-17(10-12-20)19(2)14-16(18)13-15-7-5-4-6-8-15/h4-8,16-17H,3,9-14,18H2,1-2H3. The van der Waals surface area contributed by atoms with Crippen molar-refractivity contribution in [2.45, 2.75) is 38.3 Å². The monoisotopic (exact) mass is 275 g/mol. The van der Waals surface area contributed by atoms with Gasteiger partial charge in [0.15, 0.2) is 0 Å². The van der Waals surface area contributed by atoms with E-state index in [4.69, 9.17) is 5.73 Å². The Morgan fingerprint density at radius 1 is 1.25 bits per heavy atom. The average Bonchev–Trinajstić information content (AvgIpc) is 2.48. The molecule has 112 valence electrons. The van der Waals surface area contributed by atoms with Gasteiger partial charge >= 0.3 is 0 Å². The lowest BCUT2D eigenvalue weighted by atomic mass is 10.0. The van der Waals surface area contributed by atoms with E-state index in [9.17, 15) is 0 Å². The molecule has 0 saturated carbocycles. The zero-order valence-corrected chi connectivity index (χ0v) is 13.0. The van der Waals surface area contributed by atoms with E-state index < -0.39 is 0 Å². The van der Waals surface area contributed by atoms with E-state index >= 15 is 0 Å². The molecule has 2 rings (SSSR count). The van der Waals surface area contributed by atoms with Crippen LogP contribution in [0.1, 0.15) is 25.3 Å². The Bertz CT molecular complexity index is 371. The van der Waals surface area contributed by atoms with Gasteiger partial charge in [-0.2, -0.15) is 0 Å². The van der Waals surface area contributed by atoms with Gasteiger partial charge in [-0.15, -0.1) is 0 Å². The quantitative estimate of drug-likeness (QED) is 0.861. The summed E-state index contributed by atoms with van der Waals surface area (Å²) in [5, 5.41) is 0. The van der Waals surface area contributed by atoms with Crippen molar-refractivity contribution in [3.8, 4) is 0 Å². The molecule has 1 aliphatic rings. The molecule has 1 fully saturated rings. The van der Waals surface area contributed by atoms with Crippen LogP contribution in [0.5, 0.6) is 0 Å². The SMILES string of the molecule is CCN1CCC(N(C)CC(N)Cc2ccccc2)CC1. The van der Waals surface area contributed by atoms with Gasteiger partial charge in [-0.1, -0.05) is 37.3 Å². The number of hydrogen-bond acceptors (Lipinski definition) is 3. The fraction of sp³-hybridized carbons (Fsp3) is 0.647. The molecule has 0 aromatic heterocycles. The topological polar surface area (TPSA) is 32.5 Å². The molecule has 0 spiro atoms. The van der Waals surface area contributed by atoms with Crippen molar-refractivity contribution in [3.05, 3.63) is 35.9 Å². The Balaban J connectivity index is 1.75. The Kier molecular flexibility index (Phi) is 6.02. The molecule has 3 nitrogen and oxygen atoms in total. The minimum atomic E-state index is 0.228. The maximum atomic E-state index is 6.31. The second-order valence-electron chi connectivity index (χ2n) is 6.05. The summed E-state index contributed by atoms with van der Waals surface area (Å²) < 4.78 is 0. The van der Waals surface area contributed by atoms with Crippen LogP contribution in [0.4, 0.5) is 0 Å². The van der Waals surface area contributed by atoms with Crippen molar-refractivity contribution in [1.82, 2.24) is 9.80 Å². The Morgan fingerprint density at radius 3 is 2.50 bits per heavy atom. The number of likely N-dealkylation sites (tertiary alicyclic amines) is 1. The summed E-state index contributed by atoms with van der Waals surface area (Å²) in [6.45, 7) is 6.90. The third-order valence-electron chi connectivity index (χ3n) is 4.49. The van der Waals surface area contributed by atoms with Crippen LogP contribution in [0.15, 0.2) is 30.3 Å². The number of likely N-dealkylation sites (N-methyl/N-ethyl adjacent to an activating group) is 1. The maximum absolute atomic E-state index is 6.31. The van der Waals surface area contributed by atoms with Crippen LogP contribution in [0.2, 0.25) is 0 Å². The first kappa shape index (κ1) is 15.5. The lowest BCUT2D eigenvalue weighted by Gasteiger charge is -2.37. The van der Waals surface area contributed by atoms with E-state index in [2.05, 4.69) is 54.1 Å². The summed E-state index contributed by atoms with van der Waals surface area (Å²) in [5.41, 5.74) is 7.66. The molecular formula is C17H29N3. The van der Waals surface area contributed by atoms with Gasteiger partial charge in [0.1, 0.15) is 0 Å². The fourth-order valence-electron chi connectivity index (χ4n) is 3.18. The molecule has 0 amide bonds. The molecule has 20 heavy (non-hydrogen) atoms. The highest BCUT2D eigenvalue weighted by Gasteiger charge is 2.22. The fourth-order valence-corrected chi connectivity index (χ4v) is 3.18. The second kappa shape index (κ2) is 7.77. The smallest absolute Gasteiger partial charge is 0.0208 e. The summed E-state index contributed by atoms with van der Waals surface area (Å²) in [6, 6.07) is 11.5. The van der Waals surface area contributed by atoms with E-state index in [1.807, 2.05) is 0 Å². The molecule has 1 heterocycles. The molecule has 1 atom stereocenters. The molecule has 0 bridgehead atoms. The van der Waals surface area contributed by atoms with Crippen molar-refractivity contribution in [3.63, 3.8) is 0 Å². The summed E-state index contributed by atoms with van der Waals surface area (Å²) in [4.78, 5) is 5.01.